The van der Waals surface area contributed by atoms with Crippen molar-refractivity contribution in [2.75, 3.05) is 0 Å². The first-order valence-corrected chi connectivity index (χ1v) is 15.3. The number of imidazole rings is 1. The number of fused-ring (bicyclic) bond motifs is 4. The molecular formula is C41H26N4O. The molecule has 0 bridgehead atoms. The van der Waals surface area contributed by atoms with Crippen LogP contribution >= 0.6 is 0 Å². The predicted octanol–water partition coefficient (Wildman–Crippen LogP) is 10.4. The van der Waals surface area contributed by atoms with E-state index in [2.05, 4.69) is 77.4 Å². The molecule has 6 aromatic carbocycles. The summed E-state index contributed by atoms with van der Waals surface area (Å²) in [6, 6.07) is 53.5. The summed E-state index contributed by atoms with van der Waals surface area (Å²) in [7, 11) is 0. The Balaban J connectivity index is 1.35. The summed E-state index contributed by atoms with van der Waals surface area (Å²) in [6.45, 7) is 0. The van der Waals surface area contributed by atoms with Crippen LogP contribution in [0.3, 0.4) is 0 Å². The van der Waals surface area contributed by atoms with E-state index in [1.165, 1.54) is 0 Å². The number of nitrogens with zero attached hydrogens (tertiary/aromatic N) is 4. The number of aromatic nitrogens is 4. The lowest BCUT2D eigenvalue weighted by atomic mass is 9.98. The second-order valence-corrected chi connectivity index (χ2v) is 11.2. The van der Waals surface area contributed by atoms with Gasteiger partial charge in [0.1, 0.15) is 17.0 Å². The highest BCUT2D eigenvalue weighted by Crippen LogP contribution is 2.42. The molecule has 5 nitrogen and oxygen atoms in total. The van der Waals surface area contributed by atoms with Crippen LogP contribution in [0.4, 0.5) is 0 Å². The van der Waals surface area contributed by atoms with Crippen molar-refractivity contribution in [2.45, 2.75) is 0 Å². The Hall–Kier alpha value is -6.33. The van der Waals surface area contributed by atoms with E-state index in [0.717, 1.165) is 78.1 Å². The molecule has 0 atom stereocenters. The minimum absolute atomic E-state index is 0.674. The zero-order chi connectivity index (χ0) is 30.5. The van der Waals surface area contributed by atoms with E-state index in [1.54, 1.807) is 0 Å². The van der Waals surface area contributed by atoms with Crippen LogP contribution in [0.5, 0.6) is 0 Å². The summed E-state index contributed by atoms with van der Waals surface area (Å²) in [6.07, 6.45) is 0. The summed E-state index contributed by atoms with van der Waals surface area (Å²) in [5.74, 6) is 1.53. The van der Waals surface area contributed by atoms with E-state index in [-0.39, 0.29) is 0 Å². The van der Waals surface area contributed by atoms with Gasteiger partial charge in [0, 0.05) is 38.7 Å². The van der Waals surface area contributed by atoms with Crippen molar-refractivity contribution in [3.63, 3.8) is 0 Å². The standard InChI is InChI=1S/C41H26N4O/c1-4-14-27(15-5-1)33-26-34(43-40(42-33)28-16-6-2-7-17-28)30-20-12-24-36-38(30)39-31(21-13-25-37(39)46-36)41-44-32-22-10-11-23-35(32)45(41)29-18-8-3-9-19-29/h1-26H. The molecule has 0 fully saturated rings. The zero-order valence-electron chi connectivity index (χ0n) is 24.7. The van der Waals surface area contributed by atoms with Crippen molar-refractivity contribution in [3.8, 4) is 51.0 Å². The van der Waals surface area contributed by atoms with Gasteiger partial charge in [-0.15, -0.1) is 0 Å². The molecule has 9 aromatic rings. The third-order valence-corrected chi connectivity index (χ3v) is 8.44. The first kappa shape index (κ1) is 26.1. The van der Waals surface area contributed by atoms with E-state index in [1.807, 2.05) is 84.9 Å². The van der Waals surface area contributed by atoms with Gasteiger partial charge in [-0.2, -0.15) is 0 Å². The average Bonchev–Trinajstić information content (AvgIpc) is 3.72. The third kappa shape index (κ3) is 4.29. The van der Waals surface area contributed by atoms with Gasteiger partial charge in [-0.05, 0) is 42.5 Å². The van der Waals surface area contributed by atoms with Crippen LogP contribution in [-0.4, -0.2) is 19.5 Å². The van der Waals surface area contributed by atoms with Crippen molar-refractivity contribution in [1.29, 1.82) is 0 Å². The molecule has 0 saturated carbocycles. The molecule has 3 heterocycles. The SMILES string of the molecule is c1ccc(-c2cc(-c3cccc4oc5cccc(-c6nc7ccccc7n6-c6ccccc6)c5c34)nc(-c3ccccc3)n2)cc1. The Morgan fingerprint density at radius 2 is 1.04 bits per heavy atom. The zero-order valence-corrected chi connectivity index (χ0v) is 24.7. The topological polar surface area (TPSA) is 56.7 Å². The number of para-hydroxylation sites is 3. The van der Waals surface area contributed by atoms with Gasteiger partial charge in [-0.25, -0.2) is 15.0 Å². The lowest BCUT2D eigenvalue weighted by Gasteiger charge is -2.12. The first-order valence-electron chi connectivity index (χ1n) is 15.3. The molecule has 216 valence electrons. The van der Waals surface area contributed by atoms with Crippen molar-refractivity contribution in [3.05, 3.63) is 158 Å². The maximum absolute atomic E-state index is 6.55. The predicted molar refractivity (Wildman–Crippen MR) is 186 cm³/mol. The Kier molecular flexibility index (Phi) is 6.06. The monoisotopic (exact) mass is 590 g/mol. The summed E-state index contributed by atoms with van der Waals surface area (Å²) in [5.41, 5.74) is 10.3. The van der Waals surface area contributed by atoms with Crippen LogP contribution in [-0.2, 0) is 0 Å². The summed E-state index contributed by atoms with van der Waals surface area (Å²) >= 11 is 0. The fourth-order valence-corrected chi connectivity index (χ4v) is 6.37. The molecule has 0 aliphatic rings. The second kappa shape index (κ2) is 10.7. The molecule has 0 amide bonds. The highest BCUT2D eigenvalue weighted by Gasteiger charge is 2.22. The highest BCUT2D eigenvalue weighted by molar-refractivity contribution is 6.17. The highest BCUT2D eigenvalue weighted by atomic mass is 16.3. The van der Waals surface area contributed by atoms with Crippen LogP contribution in [0, 0.1) is 0 Å². The average molecular weight is 591 g/mol. The van der Waals surface area contributed by atoms with Crippen molar-refractivity contribution in [1.82, 2.24) is 19.5 Å². The smallest absolute Gasteiger partial charge is 0.160 e. The molecule has 0 aliphatic carbocycles. The normalized spacial score (nSPS) is 11.5. The first-order chi connectivity index (χ1) is 22.8. The van der Waals surface area contributed by atoms with Gasteiger partial charge in [0.05, 0.1) is 22.4 Å². The lowest BCUT2D eigenvalue weighted by molar-refractivity contribution is 0.669. The second-order valence-electron chi connectivity index (χ2n) is 11.2. The molecular weight excluding hydrogens is 564 g/mol. The quantitative estimate of drug-likeness (QED) is 0.200. The van der Waals surface area contributed by atoms with Gasteiger partial charge in [0.2, 0.25) is 0 Å². The Bertz CT molecular complexity index is 2460. The summed E-state index contributed by atoms with van der Waals surface area (Å²) < 4.78 is 8.78. The number of hydrogen-bond acceptors (Lipinski definition) is 4. The van der Waals surface area contributed by atoms with Gasteiger partial charge >= 0.3 is 0 Å². The number of benzene rings is 6. The maximum Gasteiger partial charge on any atom is 0.160 e. The minimum Gasteiger partial charge on any atom is -0.456 e. The fourth-order valence-electron chi connectivity index (χ4n) is 6.37. The molecule has 0 unspecified atom stereocenters. The molecule has 0 spiro atoms. The van der Waals surface area contributed by atoms with E-state index in [4.69, 9.17) is 19.4 Å². The van der Waals surface area contributed by atoms with Crippen LogP contribution in [0.2, 0.25) is 0 Å². The Labute approximate surface area is 265 Å². The molecule has 0 radical (unpaired) electrons. The van der Waals surface area contributed by atoms with E-state index >= 15 is 0 Å². The van der Waals surface area contributed by atoms with E-state index in [0.29, 0.717) is 5.82 Å². The van der Waals surface area contributed by atoms with Crippen LogP contribution in [0.15, 0.2) is 162 Å². The van der Waals surface area contributed by atoms with E-state index in [9.17, 15) is 0 Å². The third-order valence-electron chi connectivity index (χ3n) is 8.44. The molecule has 3 aromatic heterocycles. The van der Waals surface area contributed by atoms with Crippen LogP contribution in [0.25, 0.3) is 83.9 Å². The van der Waals surface area contributed by atoms with Gasteiger partial charge < -0.3 is 4.42 Å². The lowest BCUT2D eigenvalue weighted by Crippen LogP contribution is -1.98. The van der Waals surface area contributed by atoms with E-state index < -0.39 is 0 Å². The number of rotatable bonds is 5. The van der Waals surface area contributed by atoms with Crippen molar-refractivity contribution in [2.24, 2.45) is 0 Å². The fraction of sp³-hybridized carbons (Fsp3) is 0. The Morgan fingerprint density at radius 3 is 1.78 bits per heavy atom. The molecule has 46 heavy (non-hydrogen) atoms. The van der Waals surface area contributed by atoms with Crippen LogP contribution in [0.1, 0.15) is 0 Å². The minimum atomic E-state index is 0.674. The van der Waals surface area contributed by atoms with Gasteiger partial charge in [0.15, 0.2) is 5.82 Å². The van der Waals surface area contributed by atoms with Crippen LogP contribution < -0.4 is 0 Å². The molecule has 0 N–H and O–H groups in total. The van der Waals surface area contributed by atoms with Crippen molar-refractivity contribution < 1.29 is 4.42 Å². The largest absolute Gasteiger partial charge is 0.456 e. The van der Waals surface area contributed by atoms with Gasteiger partial charge in [-0.3, -0.25) is 4.57 Å². The number of hydrogen-bond donors (Lipinski definition) is 0. The van der Waals surface area contributed by atoms with Gasteiger partial charge in [-0.1, -0.05) is 115 Å². The summed E-state index contributed by atoms with van der Waals surface area (Å²) in [4.78, 5) is 15.4. The van der Waals surface area contributed by atoms with Crippen molar-refractivity contribution >= 4 is 33.0 Å². The number of furan rings is 1. The van der Waals surface area contributed by atoms with Gasteiger partial charge in [0.25, 0.3) is 0 Å². The summed E-state index contributed by atoms with van der Waals surface area (Å²) in [5, 5.41) is 2.00. The Morgan fingerprint density at radius 1 is 0.457 bits per heavy atom. The molecule has 0 aliphatic heterocycles. The maximum atomic E-state index is 6.55. The molecule has 5 heteroatoms. The molecule has 0 saturated heterocycles. The molecule has 9 rings (SSSR count).